The fraction of sp³-hybridized carbons (Fsp3) is 0.333. The second-order valence-corrected chi connectivity index (χ2v) is 1.31. The quantitative estimate of drug-likeness (QED) is 0.540. The molecule has 0 heterocycles. The van der Waals surface area contributed by atoms with E-state index in [0.29, 0.717) is 6.54 Å². The zero-order valence-electron chi connectivity index (χ0n) is 4.89. The molecule has 0 bridgehead atoms. The Morgan fingerprint density at radius 1 is 1.75 bits per heavy atom. The summed E-state index contributed by atoms with van der Waals surface area (Å²) in [5.74, 6) is -0.240. The highest BCUT2D eigenvalue weighted by Gasteiger charge is 1.77. The van der Waals surface area contributed by atoms with E-state index in [2.05, 4.69) is 0 Å². The highest BCUT2D eigenvalue weighted by atomic mass is 19.1. The van der Waals surface area contributed by atoms with Crippen LogP contribution in [0.3, 0.4) is 0 Å². The molecule has 0 aliphatic carbocycles. The number of allylic oxidation sites excluding steroid dienone is 3. The summed E-state index contributed by atoms with van der Waals surface area (Å²) in [5.41, 5.74) is 5.05. The fourth-order valence-electron chi connectivity index (χ4n) is 0.277. The van der Waals surface area contributed by atoms with Gasteiger partial charge in [0.25, 0.3) is 0 Å². The molecule has 0 amide bonds. The number of halogens is 1. The van der Waals surface area contributed by atoms with Gasteiger partial charge in [0.15, 0.2) is 0 Å². The molecule has 0 atom stereocenters. The van der Waals surface area contributed by atoms with Crippen LogP contribution < -0.4 is 5.73 Å². The van der Waals surface area contributed by atoms with Crippen molar-refractivity contribution in [3.8, 4) is 0 Å². The molecule has 0 aromatic rings. The Labute approximate surface area is 48.7 Å². The number of hydrogen-bond donors (Lipinski definition) is 1. The molecule has 1 nitrogen and oxygen atoms in total. The third-order valence-electron chi connectivity index (χ3n) is 0.689. The first-order valence-corrected chi connectivity index (χ1v) is 2.49. The Hall–Kier alpha value is -0.630. The molecule has 0 aliphatic rings. The van der Waals surface area contributed by atoms with E-state index >= 15 is 0 Å². The summed E-state index contributed by atoms with van der Waals surface area (Å²) in [4.78, 5) is 0. The van der Waals surface area contributed by atoms with E-state index in [1.165, 1.54) is 12.2 Å². The zero-order valence-corrected chi connectivity index (χ0v) is 4.89. The second kappa shape index (κ2) is 4.53. The number of nitrogens with two attached hydrogens (primary N) is 1. The summed E-state index contributed by atoms with van der Waals surface area (Å²) >= 11 is 0. The lowest BCUT2D eigenvalue weighted by Gasteiger charge is -1.79. The largest absolute Gasteiger partial charge is 0.327 e. The van der Waals surface area contributed by atoms with E-state index in [9.17, 15) is 4.39 Å². The Morgan fingerprint density at radius 3 is 2.75 bits per heavy atom. The van der Waals surface area contributed by atoms with Crippen molar-refractivity contribution in [2.24, 2.45) is 5.73 Å². The van der Waals surface area contributed by atoms with Gasteiger partial charge >= 0.3 is 0 Å². The lowest BCUT2D eigenvalue weighted by Crippen LogP contribution is -1.91. The highest BCUT2D eigenvalue weighted by Crippen LogP contribution is 1.95. The van der Waals surface area contributed by atoms with Gasteiger partial charge in [-0.1, -0.05) is 12.2 Å². The van der Waals surface area contributed by atoms with Crippen molar-refractivity contribution < 1.29 is 4.39 Å². The van der Waals surface area contributed by atoms with Crippen LogP contribution in [0.15, 0.2) is 24.1 Å². The molecule has 0 fully saturated rings. The minimum absolute atomic E-state index is 0.240. The lowest BCUT2D eigenvalue weighted by atomic mass is 10.4. The predicted molar refractivity (Wildman–Crippen MR) is 33.1 cm³/mol. The average Bonchev–Trinajstić information content (AvgIpc) is 1.83. The van der Waals surface area contributed by atoms with Gasteiger partial charge in [0.05, 0.1) is 0 Å². The van der Waals surface area contributed by atoms with Crippen molar-refractivity contribution in [3.05, 3.63) is 24.1 Å². The molecule has 0 radical (unpaired) electrons. The summed E-state index contributed by atoms with van der Waals surface area (Å²) in [6.45, 7) is 2.03. The molecule has 0 aliphatic heterocycles. The third kappa shape index (κ3) is 3.56. The first-order valence-electron chi connectivity index (χ1n) is 2.49. The Balaban J connectivity index is 3.53. The second-order valence-electron chi connectivity index (χ2n) is 1.31. The molecular formula is C6H10FN. The van der Waals surface area contributed by atoms with Crippen molar-refractivity contribution in [1.82, 2.24) is 0 Å². The summed E-state index contributed by atoms with van der Waals surface area (Å²) < 4.78 is 12.0. The van der Waals surface area contributed by atoms with Crippen molar-refractivity contribution in [2.45, 2.75) is 6.92 Å². The Kier molecular flexibility index (Phi) is 4.17. The molecule has 0 rings (SSSR count). The van der Waals surface area contributed by atoms with E-state index in [1.807, 2.05) is 0 Å². The maximum absolute atomic E-state index is 12.0. The van der Waals surface area contributed by atoms with Crippen LogP contribution in [0.25, 0.3) is 0 Å². The minimum Gasteiger partial charge on any atom is -0.327 e. The molecule has 0 saturated heterocycles. The normalized spacial score (nSPS) is 13.1. The van der Waals surface area contributed by atoms with Crippen LogP contribution in [0.2, 0.25) is 0 Å². The summed E-state index contributed by atoms with van der Waals surface area (Å²) in [7, 11) is 0. The topological polar surface area (TPSA) is 26.0 Å². The molecule has 0 spiro atoms. The smallest absolute Gasteiger partial charge is 0.118 e. The average molecular weight is 115 g/mol. The van der Waals surface area contributed by atoms with Crippen molar-refractivity contribution >= 4 is 0 Å². The van der Waals surface area contributed by atoms with E-state index in [1.54, 1.807) is 13.0 Å². The molecule has 0 saturated carbocycles. The molecule has 0 aromatic carbocycles. The van der Waals surface area contributed by atoms with Gasteiger partial charge in [0.1, 0.15) is 5.83 Å². The van der Waals surface area contributed by atoms with Gasteiger partial charge in [-0.25, -0.2) is 4.39 Å². The van der Waals surface area contributed by atoms with Crippen LogP contribution in [0.1, 0.15) is 6.92 Å². The van der Waals surface area contributed by atoms with Crippen molar-refractivity contribution in [2.75, 3.05) is 6.54 Å². The number of rotatable bonds is 2. The van der Waals surface area contributed by atoms with Gasteiger partial charge in [-0.05, 0) is 13.0 Å². The molecule has 0 unspecified atom stereocenters. The Morgan fingerprint density at radius 2 is 2.38 bits per heavy atom. The van der Waals surface area contributed by atoms with Crippen LogP contribution in [0.4, 0.5) is 4.39 Å². The predicted octanol–water partition coefficient (Wildman–Crippen LogP) is 1.37. The third-order valence-corrected chi connectivity index (χ3v) is 0.689. The summed E-state index contributed by atoms with van der Waals surface area (Å²) in [5, 5.41) is 0. The van der Waals surface area contributed by atoms with Gasteiger partial charge in [-0.2, -0.15) is 0 Å². The molecule has 46 valence electrons. The minimum atomic E-state index is -0.240. The standard InChI is InChI=1S/C6H10FN/c1-2-6(7)4-3-5-8/h2-4H,5,8H2,1H3/b4-3-,6-2+. The first-order chi connectivity index (χ1) is 3.81. The summed E-state index contributed by atoms with van der Waals surface area (Å²) in [6, 6.07) is 0. The SMILES string of the molecule is C/C=C(F)\C=C/CN. The molecule has 0 aromatic heterocycles. The van der Waals surface area contributed by atoms with E-state index in [0.717, 1.165) is 0 Å². The summed E-state index contributed by atoms with van der Waals surface area (Å²) in [6.07, 6.45) is 4.29. The van der Waals surface area contributed by atoms with E-state index in [-0.39, 0.29) is 5.83 Å². The van der Waals surface area contributed by atoms with Crippen LogP contribution in [0, 0.1) is 0 Å². The first kappa shape index (κ1) is 7.37. The maximum Gasteiger partial charge on any atom is 0.118 e. The van der Waals surface area contributed by atoms with Crippen LogP contribution in [0.5, 0.6) is 0 Å². The van der Waals surface area contributed by atoms with E-state index < -0.39 is 0 Å². The fourth-order valence-corrected chi connectivity index (χ4v) is 0.277. The van der Waals surface area contributed by atoms with Crippen LogP contribution >= 0.6 is 0 Å². The van der Waals surface area contributed by atoms with Gasteiger partial charge in [-0.3, -0.25) is 0 Å². The monoisotopic (exact) mass is 115 g/mol. The maximum atomic E-state index is 12.0. The molecule has 2 heteroatoms. The van der Waals surface area contributed by atoms with Crippen LogP contribution in [-0.4, -0.2) is 6.54 Å². The zero-order chi connectivity index (χ0) is 6.41. The van der Waals surface area contributed by atoms with Gasteiger partial charge < -0.3 is 5.73 Å². The van der Waals surface area contributed by atoms with Crippen molar-refractivity contribution in [1.29, 1.82) is 0 Å². The number of hydrogen-bond acceptors (Lipinski definition) is 1. The lowest BCUT2D eigenvalue weighted by molar-refractivity contribution is 0.664. The van der Waals surface area contributed by atoms with Gasteiger partial charge in [0.2, 0.25) is 0 Å². The Bertz CT molecular complexity index is 105. The molecule has 8 heavy (non-hydrogen) atoms. The highest BCUT2D eigenvalue weighted by molar-refractivity contribution is 5.09. The van der Waals surface area contributed by atoms with E-state index in [4.69, 9.17) is 5.73 Å². The molecule has 2 N–H and O–H groups in total. The van der Waals surface area contributed by atoms with Crippen molar-refractivity contribution in [3.63, 3.8) is 0 Å². The van der Waals surface area contributed by atoms with Crippen LogP contribution in [-0.2, 0) is 0 Å². The van der Waals surface area contributed by atoms with Gasteiger partial charge in [0, 0.05) is 6.54 Å². The molecular weight excluding hydrogens is 105 g/mol. The van der Waals surface area contributed by atoms with Gasteiger partial charge in [-0.15, -0.1) is 0 Å².